The Morgan fingerprint density at radius 3 is 1.53 bits per heavy atom. The molecular weight excluding hydrogens is 220 g/mol. The summed E-state index contributed by atoms with van der Waals surface area (Å²) >= 11 is 0. The molecule has 0 N–H and O–H groups in total. The van der Waals surface area contributed by atoms with Crippen LogP contribution in [0, 0.1) is 5.92 Å². The lowest BCUT2D eigenvalue weighted by Crippen LogP contribution is -2.11. The molecule has 0 amide bonds. The highest BCUT2D eigenvalue weighted by molar-refractivity contribution is 4.56. The van der Waals surface area contributed by atoms with Gasteiger partial charge in [0.15, 0.2) is 0 Å². The number of ether oxygens (including phenoxy) is 4. The van der Waals surface area contributed by atoms with Gasteiger partial charge in [-0.3, -0.25) is 0 Å². The van der Waals surface area contributed by atoms with E-state index in [0.717, 1.165) is 26.1 Å². The van der Waals surface area contributed by atoms with E-state index in [4.69, 9.17) is 18.9 Å². The van der Waals surface area contributed by atoms with Crippen LogP contribution in [0.15, 0.2) is 0 Å². The maximum atomic E-state index is 5.47. The van der Waals surface area contributed by atoms with Crippen LogP contribution in [0.4, 0.5) is 0 Å². The van der Waals surface area contributed by atoms with Crippen molar-refractivity contribution >= 4 is 0 Å². The van der Waals surface area contributed by atoms with Crippen molar-refractivity contribution in [3.8, 4) is 0 Å². The van der Waals surface area contributed by atoms with E-state index in [1.807, 2.05) is 0 Å². The fourth-order valence-corrected chi connectivity index (χ4v) is 1.54. The van der Waals surface area contributed by atoms with Crippen molar-refractivity contribution in [1.82, 2.24) is 0 Å². The van der Waals surface area contributed by atoms with Crippen molar-refractivity contribution in [2.75, 3.05) is 53.9 Å². The van der Waals surface area contributed by atoms with Crippen molar-refractivity contribution in [1.29, 1.82) is 0 Å². The molecule has 4 heteroatoms. The van der Waals surface area contributed by atoms with Gasteiger partial charge in [0.1, 0.15) is 0 Å². The molecule has 0 unspecified atom stereocenters. The maximum Gasteiger partial charge on any atom is 0.0700 e. The second-order valence-electron chi connectivity index (χ2n) is 4.06. The number of hydrogen-bond donors (Lipinski definition) is 0. The van der Waals surface area contributed by atoms with Gasteiger partial charge >= 0.3 is 0 Å². The summed E-state index contributed by atoms with van der Waals surface area (Å²) in [5.74, 6) is 0.695. The van der Waals surface area contributed by atoms with E-state index in [0.29, 0.717) is 32.3 Å². The van der Waals surface area contributed by atoms with Gasteiger partial charge in [-0.25, -0.2) is 0 Å². The van der Waals surface area contributed by atoms with Crippen molar-refractivity contribution in [2.45, 2.75) is 26.2 Å². The molecule has 0 aliphatic carbocycles. The molecule has 0 aromatic heterocycles. The molecule has 0 rings (SSSR count). The highest BCUT2D eigenvalue weighted by Gasteiger charge is 2.06. The van der Waals surface area contributed by atoms with E-state index in [9.17, 15) is 0 Å². The van der Waals surface area contributed by atoms with Crippen molar-refractivity contribution in [3.63, 3.8) is 0 Å². The molecule has 0 aliphatic rings. The minimum Gasteiger partial charge on any atom is -0.382 e. The van der Waals surface area contributed by atoms with Crippen molar-refractivity contribution < 1.29 is 18.9 Å². The normalized spacial score (nSPS) is 11.3. The molecule has 4 nitrogen and oxygen atoms in total. The molecule has 0 spiro atoms. The van der Waals surface area contributed by atoms with Crippen LogP contribution in [-0.2, 0) is 18.9 Å². The summed E-state index contributed by atoms with van der Waals surface area (Å²) in [4.78, 5) is 0. The molecular formula is C13H28O4. The summed E-state index contributed by atoms with van der Waals surface area (Å²) in [6.45, 7) is 6.59. The van der Waals surface area contributed by atoms with Crippen LogP contribution in [0.25, 0.3) is 0 Å². The van der Waals surface area contributed by atoms with Gasteiger partial charge < -0.3 is 18.9 Å². The summed E-state index contributed by atoms with van der Waals surface area (Å²) in [5, 5.41) is 0. The predicted octanol–water partition coefficient (Wildman–Crippen LogP) is 2.12. The fraction of sp³-hybridized carbons (Fsp3) is 1.00. The Labute approximate surface area is 106 Å². The molecule has 0 aromatic rings. The summed E-state index contributed by atoms with van der Waals surface area (Å²) in [5.41, 5.74) is 0. The van der Waals surface area contributed by atoms with Crippen LogP contribution < -0.4 is 0 Å². The average Bonchev–Trinajstić information content (AvgIpc) is 2.36. The summed E-state index contributed by atoms with van der Waals surface area (Å²) < 4.78 is 20.8. The van der Waals surface area contributed by atoms with Gasteiger partial charge in [0.2, 0.25) is 0 Å². The molecule has 0 radical (unpaired) electrons. The van der Waals surface area contributed by atoms with Crippen LogP contribution in [0.1, 0.15) is 26.2 Å². The Hall–Kier alpha value is -0.160. The Balaban J connectivity index is 3.30. The quantitative estimate of drug-likeness (QED) is 0.468. The number of methoxy groups -OCH3 is 2. The largest absolute Gasteiger partial charge is 0.382 e. The zero-order valence-corrected chi connectivity index (χ0v) is 11.6. The lowest BCUT2D eigenvalue weighted by atomic mass is 9.99. The Morgan fingerprint density at radius 2 is 1.18 bits per heavy atom. The van der Waals surface area contributed by atoms with Crippen LogP contribution in [-0.4, -0.2) is 53.9 Å². The third kappa shape index (κ3) is 12.1. The standard InChI is InChI=1S/C13H28O4/c1-4-13(5-7-16-11-9-14-2)6-8-17-12-10-15-3/h13H,4-12H2,1-3H3. The first-order chi connectivity index (χ1) is 8.35. The third-order valence-electron chi connectivity index (χ3n) is 2.78. The fourth-order valence-electron chi connectivity index (χ4n) is 1.54. The molecule has 0 aromatic carbocycles. The molecule has 0 aliphatic heterocycles. The Bertz CT molecular complexity index is 127. The Kier molecular flexibility index (Phi) is 13.8. The van der Waals surface area contributed by atoms with Gasteiger partial charge in [-0.05, 0) is 18.8 Å². The van der Waals surface area contributed by atoms with Gasteiger partial charge in [-0.15, -0.1) is 0 Å². The molecule has 104 valence electrons. The highest BCUT2D eigenvalue weighted by Crippen LogP contribution is 2.13. The van der Waals surface area contributed by atoms with E-state index in [2.05, 4.69) is 6.92 Å². The predicted molar refractivity (Wildman–Crippen MR) is 68.4 cm³/mol. The first-order valence-corrected chi connectivity index (χ1v) is 6.48. The lowest BCUT2D eigenvalue weighted by molar-refractivity contribution is 0.0494. The van der Waals surface area contributed by atoms with E-state index >= 15 is 0 Å². The minimum atomic E-state index is 0.678. The topological polar surface area (TPSA) is 36.9 Å². The average molecular weight is 248 g/mol. The van der Waals surface area contributed by atoms with Gasteiger partial charge in [0, 0.05) is 27.4 Å². The Morgan fingerprint density at radius 1 is 0.706 bits per heavy atom. The minimum absolute atomic E-state index is 0.678. The second kappa shape index (κ2) is 13.9. The molecule has 17 heavy (non-hydrogen) atoms. The van der Waals surface area contributed by atoms with Crippen LogP contribution >= 0.6 is 0 Å². The van der Waals surface area contributed by atoms with Crippen LogP contribution in [0.3, 0.4) is 0 Å². The summed E-state index contributed by atoms with van der Waals surface area (Å²) in [6.07, 6.45) is 3.39. The molecule has 0 atom stereocenters. The zero-order valence-electron chi connectivity index (χ0n) is 11.6. The third-order valence-corrected chi connectivity index (χ3v) is 2.78. The van der Waals surface area contributed by atoms with Crippen molar-refractivity contribution in [3.05, 3.63) is 0 Å². The maximum absolute atomic E-state index is 5.47. The SMILES string of the molecule is CCC(CCOCCOC)CCOCCOC. The van der Waals surface area contributed by atoms with Gasteiger partial charge in [0.05, 0.1) is 26.4 Å². The zero-order chi connectivity index (χ0) is 12.8. The number of rotatable bonds is 13. The van der Waals surface area contributed by atoms with Crippen molar-refractivity contribution in [2.24, 2.45) is 5.92 Å². The first kappa shape index (κ1) is 16.8. The van der Waals surface area contributed by atoms with E-state index in [1.165, 1.54) is 6.42 Å². The smallest absolute Gasteiger partial charge is 0.0700 e. The van der Waals surface area contributed by atoms with Gasteiger partial charge in [-0.2, -0.15) is 0 Å². The molecule has 0 fully saturated rings. The summed E-state index contributed by atoms with van der Waals surface area (Å²) in [7, 11) is 3.38. The van der Waals surface area contributed by atoms with E-state index in [-0.39, 0.29) is 0 Å². The number of hydrogen-bond acceptors (Lipinski definition) is 4. The molecule has 0 saturated carbocycles. The van der Waals surface area contributed by atoms with Gasteiger partial charge in [0.25, 0.3) is 0 Å². The van der Waals surface area contributed by atoms with Crippen LogP contribution in [0.2, 0.25) is 0 Å². The first-order valence-electron chi connectivity index (χ1n) is 6.48. The molecule has 0 saturated heterocycles. The lowest BCUT2D eigenvalue weighted by Gasteiger charge is -2.14. The van der Waals surface area contributed by atoms with E-state index in [1.54, 1.807) is 14.2 Å². The van der Waals surface area contributed by atoms with Gasteiger partial charge in [-0.1, -0.05) is 13.3 Å². The molecule has 0 bridgehead atoms. The highest BCUT2D eigenvalue weighted by atomic mass is 16.5. The second-order valence-corrected chi connectivity index (χ2v) is 4.06. The monoisotopic (exact) mass is 248 g/mol. The summed E-state index contributed by atoms with van der Waals surface area (Å²) in [6, 6.07) is 0. The van der Waals surface area contributed by atoms with E-state index < -0.39 is 0 Å². The molecule has 0 heterocycles. The van der Waals surface area contributed by atoms with Crippen LogP contribution in [0.5, 0.6) is 0 Å².